The minimum Gasteiger partial charge on any atom is -0.389 e. The number of rotatable bonds is 4. The van der Waals surface area contributed by atoms with Crippen LogP contribution in [0, 0.1) is 5.92 Å². The molecule has 3 nitrogen and oxygen atoms in total. The first-order chi connectivity index (χ1) is 11.2. The van der Waals surface area contributed by atoms with Crippen molar-refractivity contribution in [2.24, 2.45) is 5.92 Å². The molecule has 0 aliphatic heterocycles. The predicted molar refractivity (Wildman–Crippen MR) is 99.4 cm³/mol. The van der Waals surface area contributed by atoms with Crippen LogP contribution >= 0.6 is 23.4 Å². The van der Waals surface area contributed by atoms with E-state index in [9.17, 15) is 9.90 Å². The zero-order valence-electron chi connectivity index (χ0n) is 14.3. The van der Waals surface area contributed by atoms with Crippen molar-refractivity contribution < 1.29 is 9.90 Å². The van der Waals surface area contributed by atoms with Gasteiger partial charge in [-0.1, -0.05) is 24.6 Å². The normalized spacial score (nSPS) is 29.3. The van der Waals surface area contributed by atoms with E-state index in [1.165, 1.54) is 17.3 Å². The molecule has 2 bridgehead atoms. The quantitative estimate of drug-likeness (QED) is 0.621. The molecule has 1 aromatic rings. The fourth-order valence-corrected chi connectivity index (χ4v) is 4.88. The summed E-state index contributed by atoms with van der Waals surface area (Å²) >= 11 is 7.44. The first kappa shape index (κ1) is 17.8. The van der Waals surface area contributed by atoms with Crippen molar-refractivity contribution in [1.82, 2.24) is 5.32 Å². The molecule has 24 heavy (non-hydrogen) atoms. The molecule has 1 amide bonds. The molecule has 0 radical (unpaired) electrons. The molecule has 0 aromatic heterocycles. The average molecular weight is 366 g/mol. The summed E-state index contributed by atoms with van der Waals surface area (Å²) in [6.45, 7) is 5.98. The van der Waals surface area contributed by atoms with E-state index in [1.54, 1.807) is 0 Å². The molecule has 3 aliphatic rings. The summed E-state index contributed by atoms with van der Waals surface area (Å²) in [5.74, 6) is 0.325. The number of benzene rings is 1. The lowest BCUT2D eigenvalue weighted by Crippen LogP contribution is -2.54. The maximum atomic E-state index is 12.8. The van der Waals surface area contributed by atoms with Gasteiger partial charge in [0.2, 0.25) is 5.91 Å². The van der Waals surface area contributed by atoms with Gasteiger partial charge >= 0.3 is 0 Å². The van der Waals surface area contributed by atoms with Crippen molar-refractivity contribution >= 4 is 29.3 Å². The van der Waals surface area contributed by atoms with Crippen molar-refractivity contribution in [3.63, 3.8) is 0 Å². The van der Waals surface area contributed by atoms with Crippen LogP contribution in [0.5, 0.6) is 0 Å². The summed E-state index contributed by atoms with van der Waals surface area (Å²) in [7, 11) is 0. The van der Waals surface area contributed by atoms with E-state index < -0.39 is 10.3 Å². The monoisotopic (exact) mass is 365 g/mol. The van der Waals surface area contributed by atoms with Gasteiger partial charge in [-0.3, -0.25) is 4.79 Å². The number of aliphatic hydroxyl groups is 1. The molecule has 0 saturated heterocycles. The third kappa shape index (κ3) is 3.66. The lowest BCUT2D eigenvalue weighted by molar-refractivity contribution is -0.124. The summed E-state index contributed by atoms with van der Waals surface area (Å²) in [5, 5.41) is 14.5. The summed E-state index contributed by atoms with van der Waals surface area (Å²) in [6, 6.07) is 7.47. The van der Waals surface area contributed by atoms with Gasteiger partial charge in [0.25, 0.3) is 0 Å². The third-order valence-electron chi connectivity index (χ3n) is 5.00. The van der Waals surface area contributed by atoms with Crippen LogP contribution < -0.4 is 5.32 Å². The Labute approximate surface area is 152 Å². The van der Waals surface area contributed by atoms with Crippen LogP contribution in [0.2, 0.25) is 5.02 Å². The molecule has 1 fully saturated rings. The number of hydrogen-bond donors (Lipinski definition) is 2. The van der Waals surface area contributed by atoms with E-state index in [0.717, 1.165) is 11.3 Å². The van der Waals surface area contributed by atoms with Crippen molar-refractivity contribution in [2.45, 2.75) is 61.3 Å². The van der Waals surface area contributed by atoms with Crippen molar-refractivity contribution in [1.29, 1.82) is 0 Å². The molecular weight excluding hydrogens is 342 g/mol. The molecule has 0 heterocycles. The van der Waals surface area contributed by atoms with E-state index in [-0.39, 0.29) is 11.9 Å². The standard InChI is InChI=1S/C19H24ClNO2S/c1-12-10-19(23)9-8-15(12)16(11-19)21-17(22)18(2,3)24-14-6-4-13(20)5-7-14/h4-8,12,16,23H,9-11H2,1-3H3,(H,21,22)/t12-,16?,19-/m1/s1. The molecule has 1 aromatic carbocycles. The Balaban J connectivity index is 1.69. The van der Waals surface area contributed by atoms with Crippen molar-refractivity contribution in [2.75, 3.05) is 0 Å². The third-order valence-corrected chi connectivity index (χ3v) is 6.45. The molecule has 5 heteroatoms. The zero-order chi connectivity index (χ0) is 17.5. The number of hydrogen-bond acceptors (Lipinski definition) is 3. The van der Waals surface area contributed by atoms with Crippen LogP contribution in [0.25, 0.3) is 0 Å². The van der Waals surface area contributed by atoms with Gasteiger partial charge in [0, 0.05) is 16.3 Å². The second-order valence-corrected chi connectivity index (χ2v) is 9.67. The summed E-state index contributed by atoms with van der Waals surface area (Å²) < 4.78 is -0.600. The Morgan fingerprint density at radius 1 is 1.33 bits per heavy atom. The summed E-state index contributed by atoms with van der Waals surface area (Å²) in [5.41, 5.74) is 0.610. The fraction of sp³-hybridized carbons (Fsp3) is 0.526. The number of carbonyl (C=O) groups excluding carboxylic acids is 1. The Bertz CT molecular complexity index is 670. The molecule has 1 unspecified atom stereocenters. The number of halogens is 1. The van der Waals surface area contributed by atoms with Crippen LogP contribution in [-0.2, 0) is 4.79 Å². The van der Waals surface area contributed by atoms with Gasteiger partial charge < -0.3 is 10.4 Å². The molecule has 1 saturated carbocycles. The Kier molecular flexibility index (Phi) is 4.75. The molecule has 0 spiro atoms. The lowest BCUT2D eigenvalue weighted by Gasteiger charge is -2.46. The first-order valence-electron chi connectivity index (χ1n) is 8.36. The fourth-order valence-electron chi connectivity index (χ4n) is 3.74. The number of carbonyl (C=O) groups is 1. The van der Waals surface area contributed by atoms with Gasteiger partial charge in [-0.25, -0.2) is 0 Å². The maximum absolute atomic E-state index is 12.8. The lowest BCUT2D eigenvalue weighted by atomic mass is 9.66. The molecule has 4 rings (SSSR count). The Morgan fingerprint density at radius 2 is 2.00 bits per heavy atom. The molecule has 2 N–H and O–H groups in total. The Morgan fingerprint density at radius 3 is 2.58 bits per heavy atom. The van der Waals surface area contributed by atoms with Crippen molar-refractivity contribution in [3.05, 3.63) is 40.9 Å². The van der Waals surface area contributed by atoms with E-state index in [0.29, 0.717) is 23.8 Å². The molecule has 3 aliphatic carbocycles. The SMILES string of the molecule is C[C@@H]1C[C@]2(O)CC=C1C(NC(=O)C(C)(C)Sc1ccc(Cl)cc1)C2. The summed E-state index contributed by atoms with van der Waals surface area (Å²) in [4.78, 5) is 13.8. The highest BCUT2D eigenvalue weighted by molar-refractivity contribution is 8.01. The van der Waals surface area contributed by atoms with Gasteiger partial charge in [-0.15, -0.1) is 11.8 Å². The molecule has 130 valence electrons. The second kappa shape index (κ2) is 6.40. The van der Waals surface area contributed by atoms with Gasteiger partial charge in [0.05, 0.1) is 16.4 Å². The zero-order valence-corrected chi connectivity index (χ0v) is 15.9. The second-order valence-electron chi connectivity index (χ2n) is 7.53. The van der Waals surface area contributed by atoms with Gasteiger partial charge in [0.15, 0.2) is 0 Å². The predicted octanol–water partition coefficient (Wildman–Crippen LogP) is 4.19. The maximum Gasteiger partial charge on any atom is 0.236 e. The van der Waals surface area contributed by atoms with Gasteiger partial charge in [-0.05, 0) is 62.4 Å². The number of fused-ring (bicyclic) bond motifs is 3. The smallest absolute Gasteiger partial charge is 0.236 e. The topological polar surface area (TPSA) is 49.3 Å². The van der Waals surface area contributed by atoms with Gasteiger partial charge in [0.1, 0.15) is 0 Å². The van der Waals surface area contributed by atoms with Crippen LogP contribution in [0.4, 0.5) is 0 Å². The number of thioether (sulfide) groups is 1. The highest BCUT2D eigenvalue weighted by Gasteiger charge is 2.45. The average Bonchev–Trinajstić information content (AvgIpc) is 2.48. The van der Waals surface area contributed by atoms with E-state index >= 15 is 0 Å². The summed E-state index contributed by atoms with van der Waals surface area (Å²) in [6.07, 6.45) is 4.24. The van der Waals surface area contributed by atoms with Crippen LogP contribution in [-0.4, -0.2) is 27.4 Å². The molecular formula is C19H24ClNO2S. The highest BCUT2D eigenvalue weighted by Crippen LogP contribution is 2.44. The van der Waals surface area contributed by atoms with Crippen LogP contribution in [0.3, 0.4) is 0 Å². The van der Waals surface area contributed by atoms with Crippen LogP contribution in [0.15, 0.2) is 40.8 Å². The van der Waals surface area contributed by atoms with E-state index in [4.69, 9.17) is 11.6 Å². The largest absolute Gasteiger partial charge is 0.389 e. The van der Waals surface area contributed by atoms with E-state index in [1.807, 2.05) is 38.1 Å². The Hall–Kier alpha value is -0.970. The van der Waals surface area contributed by atoms with Crippen molar-refractivity contribution in [3.8, 4) is 0 Å². The minimum atomic E-state index is -0.660. The minimum absolute atomic E-state index is 0.00306. The van der Waals surface area contributed by atoms with Crippen LogP contribution in [0.1, 0.15) is 40.0 Å². The highest BCUT2D eigenvalue weighted by atomic mass is 35.5. The first-order valence-corrected chi connectivity index (χ1v) is 9.56. The van der Waals surface area contributed by atoms with Gasteiger partial charge in [-0.2, -0.15) is 0 Å². The number of nitrogens with one attached hydrogen (secondary N) is 1. The van der Waals surface area contributed by atoms with E-state index in [2.05, 4.69) is 18.3 Å². The number of amides is 1. The molecule has 3 atom stereocenters.